The Morgan fingerprint density at radius 3 is 2.37 bits per heavy atom. The largest absolute Gasteiger partial charge is 0.314 e. The molecular formula is C16H25FN2. The highest BCUT2D eigenvalue weighted by atomic mass is 19.1. The van der Waals surface area contributed by atoms with Gasteiger partial charge in [0.1, 0.15) is 5.82 Å². The third-order valence-electron chi connectivity index (χ3n) is 3.86. The van der Waals surface area contributed by atoms with Gasteiger partial charge in [-0.2, -0.15) is 0 Å². The molecule has 0 radical (unpaired) electrons. The third kappa shape index (κ3) is 3.34. The summed E-state index contributed by atoms with van der Waals surface area (Å²) >= 11 is 0. The molecular weight excluding hydrogens is 239 g/mol. The minimum absolute atomic E-state index is 0.139. The molecule has 1 heterocycles. The summed E-state index contributed by atoms with van der Waals surface area (Å²) in [5.41, 5.74) is 2.45. The first kappa shape index (κ1) is 14.5. The van der Waals surface area contributed by atoms with Gasteiger partial charge in [-0.3, -0.25) is 4.90 Å². The molecule has 0 unspecified atom stereocenters. The van der Waals surface area contributed by atoms with Gasteiger partial charge < -0.3 is 5.32 Å². The predicted molar refractivity (Wildman–Crippen MR) is 77.8 cm³/mol. The Balaban J connectivity index is 2.36. The summed E-state index contributed by atoms with van der Waals surface area (Å²) in [6.07, 6.45) is 0. The molecule has 0 saturated carbocycles. The minimum atomic E-state index is -0.144. The van der Waals surface area contributed by atoms with Crippen LogP contribution in [0.5, 0.6) is 0 Å². The standard InChI is InChI=1S/C16H25FN2/c1-12-11-13(17)5-6-14(12)15(16(2,3)4)19-9-7-18-8-10-19/h5-6,11,15,18H,7-10H2,1-4H3/t15-/m0/s1. The van der Waals surface area contributed by atoms with Crippen molar-refractivity contribution >= 4 is 0 Å². The van der Waals surface area contributed by atoms with Gasteiger partial charge >= 0.3 is 0 Å². The Kier molecular flexibility index (Phi) is 4.26. The maximum atomic E-state index is 13.3. The molecule has 3 heteroatoms. The van der Waals surface area contributed by atoms with Crippen molar-refractivity contribution < 1.29 is 4.39 Å². The molecule has 2 nitrogen and oxygen atoms in total. The molecule has 0 aromatic heterocycles. The molecule has 1 atom stereocenters. The molecule has 1 fully saturated rings. The van der Waals surface area contributed by atoms with Crippen LogP contribution in [0.3, 0.4) is 0 Å². The van der Waals surface area contributed by atoms with Crippen LogP contribution in [0.15, 0.2) is 18.2 Å². The van der Waals surface area contributed by atoms with Crippen LogP contribution >= 0.6 is 0 Å². The first-order valence-corrected chi connectivity index (χ1v) is 7.10. The SMILES string of the molecule is Cc1cc(F)ccc1[C@H](N1CCNCC1)C(C)(C)C. The van der Waals surface area contributed by atoms with Gasteiger partial charge in [0.05, 0.1) is 0 Å². The molecule has 1 saturated heterocycles. The van der Waals surface area contributed by atoms with Crippen LogP contribution in [-0.2, 0) is 0 Å². The molecule has 2 rings (SSSR count). The van der Waals surface area contributed by atoms with Gasteiger partial charge in [-0.25, -0.2) is 4.39 Å². The topological polar surface area (TPSA) is 15.3 Å². The second kappa shape index (κ2) is 5.59. The lowest BCUT2D eigenvalue weighted by Crippen LogP contribution is -2.48. The number of hydrogen-bond donors (Lipinski definition) is 1. The molecule has 0 bridgehead atoms. The predicted octanol–water partition coefficient (Wildman–Crippen LogP) is 3.13. The van der Waals surface area contributed by atoms with E-state index in [1.807, 2.05) is 13.0 Å². The van der Waals surface area contributed by atoms with Gasteiger partial charge in [-0.15, -0.1) is 0 Å². The zero-order valence-electron chi connectivity index (χ0n) is 12.5. The van der Waals surface area contributed by atoms with Gasteiger partial charge in [0.15, 0.2) is 0 Å². The van der Waals surface area contributed by atoms with E-state index >= 15 is 0 Å². The number of halogens is 1. The number of nitrogens with zero attached hydrogens (tertiary/aromatic N) is 1. The number of rotatable bonds is 2. The van der Waals surface area contributed by atoms with Crippen molar-refractivity contribution in [1.82, 2.24) is 10.2 Å². The Morgan fingerprint density at radius 1 is 1.21 bits per heavy atom. The summed E-state index contributed by atoms with van der Waals surface area (Å²) in [6.45, 7) is 13.0. The van der Waals surface area contributed by atoms with E-state index in [0.717, 1.165) is 31.7 Å². The van der Waals surface area contributed by atoms with Crippen LogP contribution < -0.4 is 5.32 Å². The molecule has 0 amide bonds. The molecule has 1 aliphatic heterocycles. The molecule has 1 aromatic rings. The van der Waals surface area contributed by atoms with E-state index in [4.69, 9.17) is 0 Å². The zero-order chi connectivity index (χ0) is 14.0. The highest BCUT2D eigenvalue weighted by Crippen LogP contribution is 2.39. The summed E-state index contributed by atoms with van der Waals surface area (Å²) in [7, 11) is 0. The monoisotopic (exact) mass is 264 g/mol. The summed E-state index contributed by atoms with van der Waals surface area (Å²) in [5.74, 6) is -0.144. The summed E-state index contributed by atoms with van der Waals surface area (Å²) < 4.78 is 13.3. The summed E-state index contributed by atoms with van der Waals surface area (Å²) in [4.78, 5) is 2.52. The maximum absolute atomic E-state index is 13.3. The number of piperazine rings is 1. The number of benzene rings is 1. The Morgan fingerprint density at radius 2 is 1.84 bits per heavy atom. The lowest BCUT2D eigenvalue weighted by atomic mass is 9.79. The molecule has 106 valence electrons. The van der Waals surface area contributed by atoms with Crippen molar-refractivity contribution in [2.45, 2.75) is 33.7 Å². The smallest absolute Gasteiger partial charge is 0.123 e. The zero-order valence-corrected chi connectivity index (χ0v) is 12.5. The quantitative estimate of drug-likeness (QED) is 0.883. The summed E-state index contributed by atoms with van der Waals surface area (Å²) in [5, 5.41) is 3.39. The van der Waals surface area contributed by atoms with Crippen molar-refractivity contribution in [3.63, 3.8) is 0 Å². The molecule has 0 spiro atoms. The Hall–Kier alpha value is -0.930. The highest BCUT2D eigenvalue weighted by molar-refractivity contribution is 5.31. The molecule has 1 aromatic carbocycles. The fraction of sp³-hybridized carbons (Fsp3) is 0.625. The van der Waals surface area contributed by atoms with Crippen molar-refractivity contribution in [3.05, 3.63) is 35.1 Å². The van der Waals surface area contributed by atoms with E-state index in [-0.39, 0.29) is 11.2 Å². The van der Waals surface area contributed by atoms with Crippen LogP contribution in [0.2, 0.25) is 0 Å². The van der Waals surface area contributed by atoms with E-state index in [9.17, 15) is 4.39 Å². The average molecular weight is 264 g/mol. The van der Waals surface area contributed by atoms with Gasteiger partial charge in [-0.1, -0.05) is 26.8 Å². The third-order valence-corrected chi connectivity index (χ3v) is 3.86. The van der Waals surface area contributed by atoms with Gasteiger partial charge in [0.25, 0.3) is 0 Å². The van der Waals surface area contributed by atoms with Gasteiger partial charge in [-0.05, 0) is 35.6 Å². The van der Waals surface area contributed by atoms with Crippen molar-refractivity contribution in [2.24, 2.45) is 5.41 Å². The Labute approximate surface area is 116 Å². The van der Waals surface area contributed by atoms with Crippen molar-refractivity contribution in [1.29, 1.82) is 0 Å². The number of nitrogens with one attached hydrogen (secondary N) is 1. The maximum Gasteiger partial charge on any atom is 0.123 e. The van der Waals surface area contributed by atoms with E-state index in [0.29, 0.717) is 6.04 Å². The minimum Gasteiger partial charge on any atom is -0.314 e. The first-order valence-electron chi connectivity index (χ1n) is 7.10. The van der Waals surface area contributed by atoms with Crippen LogP contribution in [0, 0.1) is 18.2 Å². The lowest BCUT2D eigenvalue weighted by Gasteiger charge is -2.43. The Bertz CT molecular complexity index is 431. The van der Waals surface area contributed by atoms with E-state index in [1.54, 1.807) is 12.1 Å². The fourth-order valence-electron chi connectivity index (χ4n) is 3.10. The van der Waals surface area contributed by atoms with E-state index in [1.165, 1.54) is 5.56 Å². The normalized spacial score (nSPS) is 19.4. The fourth-order valence-corrected chi connectivity index (χ4v) is 3.10. The second-order valence-electron chi connectivity index (χ2n) is 6.56. The van der Waals surface area contributed by atoms with Crippen LogP contribution in [0.1, 0.15) is 37.9 Å². The first-order chi connectivity index (χ1) is 8.89. The van der Waals surface area contributed by atoms with E-state index < -0.39 is 0 Å². The second-order valence-corrected chi connectivity index (χ2v) is 6.56. The number of aryl methyl sites for hydroxylation is 1. The van der Waals surface area contributed by atoms with Crippen LogP contribution in [0.4, 0.5) is 4.39 Å². The number of hydrogen-bond acceptors (Lipinski definition) is 2. The van der Waals surface area contributed by atoms with Crippen LogP contribution in [0.25, 0.3) is 0 Å². The van der Waals surface area contributed by atoms with Crippen molar-refractivity contribution in [3.8, 4) is 0 Å². The molecule has 19 heavy (non-hydrogen) atoms. The van der Waals surface area contributed by atoms with Gasteiger partial charge in [0, 0.05) is 32.2 Å². The van der Waals surface area contributed by atoms with E-state index in [2.05, 4.69) is 31.0 Å². The molecule has 1 aliphatic rings. The molecule has 0 aliphatic carbocycles. The lowest BCUT2D eigenvalue weighted by molar-refractivity contribution is 0.0857. The average Bonchev–Trinajstić information content (AvgIpc) is 2.32. The highest BCUT2D eigenvalue weighted by Gasteiger charge is 2.33. The van der Waals surface area contributed by atoms with Gasteiger partial charge in [0.2, 0.25) is 0 Å². The van der Waals surface area contributed by atoms with Crippen LogP contribution in [-0.4, -0.2) is 31.1 Å². The summed E-state index contributed by atoms with van der Waals surface area (Å²) in [6, 6.07) is 5.54. The van der Waals surface area contributed by atoms with Crippen molar-refractivity contribution in [2.75, 3.05) is 26.2 Å². The molecule has 1 N–H and O–H groups in total.